The summed E-state index contributed by atoms with van der Waals surface area (Å²) in [6.45, 7) is 10.5. The van der Waals surface area contributed by atoms with Crippen molar-refractivity contribution in [3.63, 3.8) is 0 Å². The first-order valence-electron chi connectivity index (χ1n) is 6.50. The number of nitriles is 1. The van der Waals surface area contributed by atoms with Gasteiger partial charge in [-0.25, -0.2) is 4.79 Å². The highest BCUT2D eigenvalue weighted by molar-refractivity contribution is 5.91. The number of esters is 1. The Morgan fingerprint density at radius 3 is 2.53 bits per heavy atom. The Kier molecular flexibility index (Phi) is 9.77. The minimum Gasteiger partial charge on any atom is -0.456 e. The van der Waals surface area contributed by atoms with Crippen LogP contribution in [0.2, 0.25) is 0 Å². The number of nitrogens with zero attached hydrogens (tertiary/aromatic N) is 1. The quantitative estimate of drug-likeness (QED) is 0.263. The lowest BCUT2D eigenvalue weighted by molar-refractivity contribution is -0.146. The maximum Gasteiger partial charge on any atom is 0.348 e. The molecule has 0 saturated heterocycles. The summed E-state index contributed by atoms with van der Waals surface area (Å²) in [7, 11) is 0. The van der Waals surface area contributed by atoms with Crippen molar-refractivity contribution < 1.29 is 19.0 Å². The molecule has 0 bridgehead atoms. The molecule has 0 rings (SSSR count). The number of rotatable bonds is 10. The third kappa shape index (κ3) is 9.23. The lowest BCUT2D eigenvalue weighted by Gasteiger charge is -2.16. The Morgan fingerprint density at radius 2 is 1.95 bits per heavy atom. The molecule has 5 heteroatoms. The van der Waals surface area contributed by atoms with E-state index in [0.29, 0.717) is 6.61 Å². The molecule has 0 aliphatic rings. The van der Waals surface area contributed by atoms with E-state index in [2.05, 4.69) is 13.5 Å². The summed E-state index contributed by atoms with van der Waals surface area (Å²) in [5, 5.41) is 8.47. The van der Waals surface area contributed by atoms with Crippen LogP contribution in [-0.2, 0) is 19.0 Å². The van der Waals surface area contributed by atoms with Crippen LogP contribution in [0.25, 0.3) is 0 Å². The van der Waals surface area contributed by atoms with Crippen LogP contribution < -0.4 is 0 Å². The highest BCUT2D eigenvalue weighted by Crippen LogP contribution is 2.01. The molecule has 0 aromatic heterocycles. The molecule has 19 heavy (non-hydrogen) atoms. The van der Waals surface area contributed by atoms with E-state index in [4.69, 9.17) is 19.5 Å². The van der Waals surface area contributed by atoms with Gasteiger partial charge >= 0.3 is 5.97 Å². The standard InChI is InChI=1S/C14H23NO4/c1-5-6-7-18-12(3)9-17-10-13(4)19-14(16)11(2)8-15/h12-13H,2,5-7,9-10H2,1,3-4H3. The summed E-state index contributed by atoms with van der Waals surface area (Å²) in [6, 6.07) is 1.64. The number of hydrogen-bond donors (Lipinski definition) is 0. The van der Waals surface area contributed by atoms with Crippen molar-refractivity contribution in [2.24, 2.45) is 0 Å². The van der Waals surface area contributed by atoms with E-state index in [9.17, 15) is 4.79 Å². The molecular weight excluding hydrogens is 246 g/mol. The topological polar surface area (TPSA) is 68.6 Å². The van der Waals surface area contributed by atoms with Crippen molar-refractivity contribution in [3.05, 3.63) is 12.2 Å². The highest BCUT2D eigenvalue weighted by Gasteiger charge is 2.13. The van der Waals surface area contributed by atoms with E-state index in [1.54, 1.807) is 13.0 Å². The van der Waals surface area contributed by atoms with Crippen LogP contribution in [0.5, 0.6) is 0 Å². The second kappa shape index (κ2) is 10.5. The highest BCUT2D eigenvalue weighted by atomic mass is 16.6. The van der Waals surface area contributed by atoms with Crippen molar-refractivity contribution in [1.82, 2.24) is 0 Å². The second-order valence-electron chi connectivity index (χ2n) is 4.38. The fraction of sp³-hybridized carbons (Fsp3) is 0.714. The average Bonchev–Trinajstić information content (AvgIpc) is 2.37. The molecule has 108 valence electrons. The minimum atomic E-state index is -0.703. The summed E-state index contributed by atoms with van der Waals surface area (Å²) < 4.78 is 15.9. The van der Waals surface area contributed by atoms with Gasteiger partial charge < -0.3 is 14.2 Å². The molecule has 0 N–H and O–H groups in total. The molecule has 0 amide bonds. The molecule has 0 radical (unpaired) electrons. The molecule has 0 saturated carbocycles. The van der Waals surface area contributed by atoms with Crippen LogP contribution in [0.3, 0.4) is 0 Å². The molecular formula is C14H23NO4. The van der Waals surface area contributed by atoms with Gasteiger partial charge in [-0.2, -0.15) is 5.26 Å². The first kappa shape index (κ1) is 17.6. The molecule has 0 aromatic carbocycles. The van der Waals surface area contributed by atoms with Gasteiger partial charge in [0, 0.05) is 6.61 Å². The van der Waals surface area contributed by atoms with Gasteiger partial charge in [-0.1, -0.05) is 19.9 Å². The maximum atomic E-state index is 11.2. The van der Waals surface area contributed by atoms with Crippen LogP contribution in [0.4, 0.5) is 0 Å². The minimum absolute atomic E-state index is 0.0172. The molecule has 2 unspecified atom stereocenters. The zero-order chi connectivity index (χ0) is 14.7. The largest absolute Gasteiger partial charge is 0.456 e. The van der Waals surface area contributed by atoms with Gasteiger partial charge in [0.1, 0.15) is 17.7 Å². The van der Waals surface area contributed by atoms with E-state index < -0.39 is 12.1 Å². The van der Waals surface area contributed by atoms with Crippen LogP contribution in [0.15, 0.2) is 12.2 Å². The zero-order valence-electron chi connectivity index (χ0n) is 12.0. The van der Waals surface area contributed by atoms with Gasteiger partial charge in [-0.3, -0.25) is 0 Å². The summed E-state index contributed by atoms with van der Waals surface area (Å²) in [5.41, 5.74) is -0.205. The number of unbranched alkanes of at least 4 members (excludes halogenated alkanes) is 1. The van der Waals surface area contributed by atoms with E-state index in [1.165, 1.54) is 0 Å². The Balaban J connectivity index is 3.68. The van der Waals surface area contributed by atoms with Crippen molar-refractivity contribution >= 4 is 5.97 Å². The van der Waals surface area contributed by atoms with Crippen LogP contribution in [-0.4, -0.2) is 38.0 Å². The summed E-state index contributed by atoms with van der Waals surface area (Å²) in [5.74, 6) is -0.703. The molecule has 2 atom stereocenters. The smallest absolute Gasteiger partial charge is 0.348 e. The fourth-order valence-corrected chi connectivity index (χ4v) is 1.21. The van der Waals surface area contributed by atoms with Crippen molar-refractivity contribution in [2.45, 2.75) is 45.8 Å². The molecule has 0 aromatic rings. The van der Waals surface area contributed by atoms with Gasteiger partial charge in [-0.05, 0) is 20.3 Å². The molecule has 0 fully saturated rings. The number of carbonyl (C=O) groups excluding carboxylic acids is 1. The summed E-state index contributed by atoms with van der Waals surface area (Å²) in [6.07, 6.45) is 1.74. The Morgan fingerprint density at radius 1 is 1.32 bits per heavy atom. The lowest BCUT2D eigenvalue weighted by Crippen LogP contribution is -2.24. The molecule has 0 aliphatic carbocycles. The third-order valence-electron chi connectivity index (χ3n) is 2.29. The van der Waals surface area contributed by atoms with E-state index >= 15 is 0 Å². The fourth-order valence-electron chi connectivity index (χ4n) is 1.21. The van der Waals surface area contributed by atoms with Gasteiger partial charge in [-0.15, -0.1) is 0 Å². The zero-order valence-corrected chi connectivity index (χ0v) is 12.0. The Labute approximate surface area is 115 Å². The first-order chi connectivity index (χ1) is 9.01. The van der Waals surface area contributed by atoms with Crippen molar-refractivity contribution in [1.29, 1.82) is 5.26 Å². The van der Waals surface area contributed by atoms with Crippen LogP contribution >= 0.6 is 0 Å². The van der Waals surface area contributed by atoms with Gasteiger partial charge in [0.25, 0.3) is 0 Å². The SMILES string of the molecule is C=C(C#N)C(=O)OC(C)COCC(C)OCCCC. The maximum absolute atomic E-state index is 11.2. The Hall–Kier alpha value is -1.38. The predicted molar refractivity (Wildman–Crippen MR) is 71.4 cm³/mol. The normalized spacial score (nSPS) is 13.4. The third-order valence-corrected chi connectivity index (χ3v) is 2.29. The second-order valence-corrected chi connectivity index (χ2v) is 4.38. The van der Waals surface area contributed by atoms with Crippen LogP contribution in [0.1, 0.15) is 33.6 Å². The van der Waals surface area contributed by atoms with Crippen LogP contribution in [0, 0.1) is 11.3 Å². The molecule has 5 nitrogen and oxygen atoms in total. The summed E-state index contributed by atoms with van der Waals surface area (Å²) in [4.78, 5) is 11.2. The molecule has 0 aliphatic heterocycles. The van der Waals surface area contributed by atoms with Gasteiger partial charge in [0.05, 0.1) is 19.3 Å². The molecule has 0 heterocycles. The Bertz CT molecular complexity index is 322. The van der Waals surface area contributed by atoms with E-state index in [0.717, 1.165) is 19.4 Å². The number of hydrogen-bond acceptors (Lipinski definition) is 5. The lowest BCUT2D eigenvalue weighted by atomic mass is 10.3. The van der Waals surface area contributed by atoms with E-state index in [-0.39, 0.29) is 18.3 Å². The first-order valence-corrected chi connectivity index (χ1v) is 6.50. The predicted octanol–water partition coefficient (Wildman–Crippen LogP) is 2.22. The van der Waals surface area contributed by atoms with Gasteiger partial charge in [0.2, 0.25) is 0 Å². The monoisotopic (exact) mass is 269 g/mol. The van der Waals surface area contributed by atoms with Crippen molar-refractivity contribution in [3.8, 4) is 6.07 Å². The molecule has 0 spiro atoms. The number of carbonyl (C=O) groups is 1. The average molecular weight is 269 g/mol. The summed E-state index contributed by atoms with van der Waals surface area (Å²) >= 11 is 0. The number of ether oxygens (including phenoxy) is 3. The van der Waals surface area contributed by atoms with E-state index in [1.807, 2.05) is 6.92 Å². The van der Waals surface area contributed by atoms with Crippen molar-refractivity contribution in [2.75, 3.05) is 19.8 Å². The van der Waals surface area contributed by atoms with Gasteiger partial charge in [0.15, 0.2) is 0 Å².